The quantitative estimate of drug-likeness (QED) is 0.850. The molecular formula is C16H20N2O2. The minimum atomic E-state index is -0.275. The van der Waals surface area contributed by atoms with Crippen molar-refractivity contribution >= 4 is 22.6 Å². The summed E-state index contributed by atoms with van der Waals surface area (Å²) in [6.45, 7) is 5.20. The second-order valence-electron chi connectivity index (χ2n) is 5.21. The van der Waals surface area contributed by atoms with Crippen LogP contribution in [0.25, 0.3) is 10.9 Å². The number of pyridine rings is 1. The topological polar surface area (TPSA) is 51.2 Å². The number of carbonyl (C=O) groups excluding carboxylic acids is 1. The molecule has 1 aromatic heterocycles. The number of nitrogens with one attached hydrogen (secondary N) is 1. The lowest BCUT2D eigenvalue weighted by Crippen LogP contribution is -2.10. The van der Waals surface area contributed by atoms with E-state index >= 15 is 0 Å². The molecule has 0 spiro atoms. The van der Waals surface area contributed by atoms with Gasteiger partial charge in [-0.15, -0.1) is 0 Å². The number of fused-ring (bicyclic) bond motifs is 1. The lowest BCUT2D eigenvalue weighted by molar-refractivity contribution is -0.139. The number of rotatable bonds is 5. The Labute approximate surface area is 119 Å². The zero-order valence-electron chi connectivity index (χ0n) is 12.1. The van der Waals surface area contributed by atoms with Crippen LogP contribution in [0.3, 0.4) is 0 Å². The Kier molecular flexibility index (Phi) is 4.56. The van der Waals surface area contributed by atoms with Crippen LogP contribution in [0.1, 0.15) is 19.5 Å². The lowest BCUT2D eigenvalue weighted by atomic mass is 10.1. The summed E-state index contributed by atoms with van der Waals surface area (Å²) in [5, 5.41) is 4.50. The van der Waals surface area contributed by atoms with Crippen molar-refractivity contribution in [1.82, 2.24) is 4.98 Å². The Morgan fingerprint density at radius 1 is 1.35 bits per heavy atom. The van der Waals surface area contributed by atoms with Crippen LogP contribution in [0.15, 0.2) is 30.3 Å². The SMILES string of the molecule is COC(=O)Cc1cc(NCC(C)C)c2ccccc2n1. The van der Waals surface area contributed by atoms with Crippen molar-refractivity contribution in [1.29, 1.82) is 0 Å². The van der Waals surface area contributed by atoms with E-state index in [0.717, 1.165) is 28.8 Å². The number of nitrogens with zero attached hydrogens (tertiary/aromatic N) is 1. The van der Waals surface area contributed by atoms with E-state index in [9.17, 15) is 4.79 Å². The monoisotopic (exact) mass is 272 g/mol. The van der Waals surface area contributed by atoms with Crippen LogP contribution in [-0.4, -0.2) is 24.6 Å². The number of hydrogen-bond donors (Lipinski definition) is 1. The third-order valence-electron chi connectivity index (χ3n) is 3.02. The molecular weight excluding hydrogens is 252 g/mol. The highest BCUT2D eigenvalue weighted by atomic mass is 16.5. The largest absolute Gasteiger partial charge is 0.469 e. The fourth-order valence-corrected chi connectivity index (χ4v) is 2.00. The minimum absolute atomic E-state index is 0.192. The lowest BCUT2D eigenvalue weighted by Gasteiger charge is -2.13. The van der Waals surface area contributed by atoms with Crippen LogP contribution in [0.2, 0.25) is 0 Å². The number of para-hydroxylation sites is 1. The predicted octanol–water partition coefficient (Wildman–Crippen LogP) is 3.02. The third kappa shape index (κ3) is 3.47. The molecule has 1 aromatic carbocycles. The first-order valence-electron chi connectivity index (χ1n) is 6.79. The Morgan fingerprint density at radius 3 is 2.80 bits per heavy atom. The molecule has 0 atom stereocenters. The van der Waals surface area contributed by atoms with Gasteiger partial charge in [0.2, 0.25) is 0 Å². The maximum absolute atomic E-state index is 11.4. The molecule has 1 heterocycles. The molecule has 0 unspecified atom stereocenters. The summed E-state index contributed by atoms with van der Waals surface area (Å²) in [6.07, 6.45) is 0.192. The molecule has 106 valence electrons. The van der Waals surface area contributed by atoms with Gasteiger partial charge < -0.3 is 10.1 Å². The second kappa shape index (κ2) is 6.37. The zero-order valence-corrected chi connectivity index (χ0v) is 12.1. The van der Waals surface area contributed by atoms with Gasteiger partial charge in [0.25, 0.3) is 0 Å². The van der Waals surface area contributed by atoms with Gasteiger partial charge in [0, 0.05) is 17.6 Å². The Balaban J connectivity index is 2.38. The second-order valence-corrected chi connectivity index (χ2v) is 5.21. The summed E-state index contributed by atoms with van der Waals surface area (Å²) in [7, 11) is 1.39. The summed E-state index contributed by atoms with van der Waals surface area (Å²) in [6, 6.07) is 9.86. The molecule has 2 rings (SSSR count). The maximum atomic E-state index is 11.4. The van der Waals surface area contributed by atoms with Crippen LogP contribution in [-0.2, 0) is 16.0 Å². The average molecular weight is 272 g/mol. The van der Waals surface area contributed by atoms with Gasteiger partial charge in [0.1, 0.15) is 0 Å². The number of benzene rings is 1. The minimum Gasteiger partial charge on any atom is -0.469 e. The first-order chi connectivity index (χ1) is 9.60. The molecule has 0 bridgehead atoms. The number of hydrogen-bond acceptors (Lipinski definition) is 4. The van der Waals surface area contributed by atoms with E-state index in [0.29, 0.717) is 5.92 Å². The molecule has 0 aliphatic rings. The fourth-order valence-electron chi connectivity index (χ4n) is 2.00. The van der Waals surface area contributed by atoms with E-state index < -0.39 is 0 Å². The molecule has 0 aliphatic heterocycles. The summed E-state index contributed by atoms with van der Waals surface area (Å²) in [4.78, 5) is 15.9. The van der Waals surface area contributed by atoms with Crippen LogP contribution in [0, 0.1) is 5.92 Å². The standard InChI is InChI=1S/C16H20N2O2/c1-11(2)10-17-15-8-12(9-16(19)20-3)18-14-7-5-4-6-13(14)15/h4-8,11H,9-10H2,1-3H3,(H,17,18). The number of aromatic nitrogens is 1. The van der Waals surface area contributed by atoms with Crippen molar-refractivity contribution in [2.75, 3.05) is 19.0 Å². The third-order valence-corrected chi connectivity index (χ3v) is 3.02. The van der Waals surface area contributed by atoms with E-state index in [1.165, 1.54) is 7.11 Å². The highest BCUT2D eigenvalue weighted by molar-refractivity contribution is 5.92. The van der Waals surface area contributed by atoms with Gasteiger partial charge in [0.15, 0.2) is 0 Å². The van der Waals surface area contributed by atoms with Crippen molar-refractivity contribution in [3.63, 3.8) is 0 Å². The molecule has 0 radical (unpaired) electrons. The van der Waals surface area contributed by atoms with Crippen LogP contribution < -0.4 is 5.32 Å². The van der Waals surface area contributed by atoms with Gasteiger partial charge in [-0.3, -0.25) is 9.78 Å². The number of esters is 1. The van der Waals surface area contributed by atoms with E-state index in [4.69, 9.17) is 4.74 Å². The van der Waals surface area contributed by atoms with Gasteiger partial charge in [0.05, 0.1) is 24.7 Å². The Morgan fingerprint density at radius 2 is 2.10 bits per heavy atom. The predicted molar refractivity (Wildman–Crippen MR) is 80.8 cm³/mol. The van der Waals surface area contributed by atoms with Gasteiger partial charge in [-0.1, -0.05) is 32.0 Å². The molecule has 4 nitrogen and oxygen atoms in total. The van der Waals surface area contributed by atoms with Crippen LogP contribution in [0.4, 0.5) is 5.69 Å². The first-order valence-corrected chi connectivity index (χ1v) is 6.79. The molecule has 4 heteroatoms. The molecule has 0 fully saturated rings. The zero-order chi connectivity index (χ0) is 14.5. The van der Waals surface area contributed by atoms with E-state index in [1.807, 2.05) is 30.3 Å². The summed E-state index contributed by atoms with van der Waals surface area (Å²) in [5.74, 6) is 0.272. The molecule has 0 aliphatic carbocycles. The highest BCUT2D eigenvalue weighted by Gasteiger charge is 2.09. The fraction of sp³-hybridized carbons (Fsp3) is 0.375. The van der Waals surface area contributed by atoms with Crippen molar-refractivity contribution in [3.8, 4) is 0 Å². The number of carbonyl (C=O) groups is 1. The molecule has 1 N–H and O–H groups in total. The molecule has 2 aromatic rings. The number of anilines is 1. The van der Waals surface area contributed by atoms with Crippen molar-refractivity contribution in [3.05, 3.63) is 36.0 Å². The Bertz CT molecular complexity index is 608. The van der Waals surface area contributed by atoms with E-state index in [2.05, 4.69) is 24.1 Å². The van der Waals surface area contributed by atoms with Crippen LogP contribution >= 0.6 is 0 Å². The smallest absolute Gasteiger partial charge is 0.311 e. The molecule has 20 heavy (non-hydrogen) atoms. The van der Waals surface area contributed by atoms with E-state index in [-0.39, 0.29) is 12.4 Å². The van der Waals surface area contributed by atoms with Crippen molar-refractivity contribution < 1.29 is 9.53 Å². The van der Waals surface area contributed by atoms with Gasteiger partial charge >= 0.3 is 5.97 Å². The normalized spacial score (nSPS) is 10.8. The van der Waals surface area contributed by atoms with Crippen LogP contribution in [0.5, 0.6) is 0 Å². The first kappa shape index (κ1) is 14.3. The van der Waals surface area contributed by atoms with Gasteiger partial charge in [-0.2, -0.15) is 0 Å². The molecule has 0 amide bonds. The molecule has 0 saturated carbocycles. The van der Waals surface area contributed by atoms with Crippen molar-refractivity contribution in [2.24, 2.45) is 5.92 Å². The van der Waals surface area contributed by atoms with Crippen molar-refractivity contribution in [2.45, 2.75) is 20.3 Å². The summed E-state index contributed by atoms with van der Waals surface area (Å²) in [5.41, 5.74) is 2.63. The van der Waals surface area contributed by atoms with E-state index in [1.54, 1.807) is 0 Å². The maximum Gasteiger partial charge on any atom is 0.311 e. The molecule has 0 saturated heterocycles. The highest BCUT2D eigenvalue weighted by Crippen LogP contribution is 2.23. The van der Waals surface area contributed by atoms with Gasteiger partial charge in [-0.05, 0) is 18.1 Å². The number of methoxy groups -OCH3 is 1. The van der Waals surface area contributed by atoms with Gasteiger partial charge in [-0.25, -0.2) is 0 Å². The summed E-state index contributed by atoms with van der Waals surface area (Å²) < 4.78 is 4.70. The average Bonchev–Trinajstić information content (AvgIpc) is 2.44. The Hall–Kier alpha value is -2.10. The number of ether oxygens (including phenoxy) is 1. The summed E-state index contributed by atoms with van der Waals surface area (Å²) >= 11 is 0.